The number of benzene rings is 1. The Balaban J connectivity index is 0. The van der Waals surface area contributed by atoms with Gasteiger partial charge in [-0.25, -0.2) is 9.50 Å². The third kappa shape index (κ3) is 14.2. The van der Waals surface area contributed by atoms with Gasteiger partial charge in [0.05, 0.1) is 6.20 Å². The topological polar surface area (TPSA) is 105 Å². The van der Waals surface area contributed by atoms with Crippen LogP contribution in [-0.4, -0.2) is 51.6 Å². The SMILES string of the molecule is CC.CC.CCC.CCCO.CNc1nn2c(C3CCOCC3)ncc2c(=O)[nH]1.Clc1ccccc1. The van der Waals surface area contributed by atoms with Crippen molar-refractivity contribution in [3.63, 3.8) is 0 Å². The lowest BCUT2D eigenvalue weighted by molar-refractivity contribution is 0.0832. The highest BCUT2D eigenvalue weighted by molar-refractivity contribution is 6.30. The molecule has 0 bridgehead atoms. The van der Waals surface area contributed by atoms with E-state index in [1.165, 1.54) is 6.42 Å². The Bertz CT molecular complexity index is 924. The lowest BCUT2D eigenvalue weighted by atomic mass is 10.00. The second-order valence-electron chi connectivity index (χ2n) is 7.08. The van der Waals surface area contributed by atoms with E-state index in [2.05, 4.69) is 34.2 Å². The van der Waals surface area contributed by atoms with E-state index in [0.717, 1.165) is 43.3 Å². The number of rotatable bonds is 3. The van der Waals surface area contributed by atoms with Gasteiger partial charge in [-0.05, 0) is 31.4 Å². The van der Waals surface area contributed by atoms with Crippen molar-refractivity contribution in [2.45, 2.75) is 80.1 Å². The molecule has 0 atom stereocenters. The molecule has 3 heterocycles. The summed E-state index contributed by atoms with van der Waals surface area (Å²) in [5.74, 6) is 1.59. The Labute approximate surface area is 222 Å². The summed E-state index contributed by atoms with van der Waals surface area (Å²) in [4.78, 5) is 18.8. The minimum Gasteiger partial charge on any atom is -0.396 e. The monoisotopic (exact) mass is 525 g/mol. The molecule has 1 fully saturated rings. The first kappa shape index (κ1) is 35.7. The first-order valence-corrected chi connectivity index (χ1v) is 13.4. The summed E-state index contributed by atoms with van der Waals surface area (Å²) < 4.78 is 6.98. The Morgan fingerprint density at radius 1 is 1.11 bits per heavy atom. The van der Waals surface area contributed by atoms with Gasteiger partial charge in [0.15, 0.2) is 5.52 Å². The summed E-state index contributed by atoms with van der Waals surface area (Å²) >= 11 is 5.54. The number of hydrogen-bond donors (Lipinski definition) is 3. The zero-order chi connectivity index (χ0) is 27.8. The number of aromatic nitrogens is 4. The van der Waals surface area contributed by atoms with Gasteiger partial charge in [0.25, 0.3) is 5.56 Å². The van der Waals surface area contributed by atoms with Crippen molar-refractivity contribution in [2.75, 3.05) is 32.2 Å². The normalized spacial score (nSPS) is 11.9. The van der Waals surface area contributed by atoms with Crippen LogP contribution in [0.4, 0.5) is 5.95 Å². The van der Waals surface area contributed by atoms with E-state index in [-0.39, 0.29) is 5.56 Å². The number of aliphatic hydroxyl groups is 1. The van der Waals surface area contributed by atoms with Crippen LogP contribution in [0.3, 0.4) is 0 Å². The van der Waals surface area contributed by atoms with Gasteiger partial charge in [0.2, 0.25) is 5.95 Å². The molecule has 8 nitrogen and oxygen atoms in total. The standard InChI is InChI=1S/C11H15N5O2.C6H5Cl.C3H8O.C3H8.2C2H6/c1-12-11-14-10(17)8-6-13-9(16(8)15-11)7-2-4-18-5-3-7;7-6-4-2-1-3-5-6;1-2-3-4;1-3-2;2*1-2/h6-7H,2-5H2,1H3,(H2,12,14,15,17);1-5H;4H,2-3H2,1H3;3H2,1-2H3;2*1-2H3. The molecule has 1 aromatic carbocycles. The fraction of sp³-hybridized carbons (Fsp3) is 0.593. The van der Waals surface area contributed by atoms with E-state index >= 15 is 0 Å². The molecule has 3 N–H and O–H groups in total. The van der Waals surface area contributed by atoms with Crippen LogP contribution in [-0.2, 0) is 4.74 Å². The second kappa shape index (κ2) is 24.3. The molecule has 0 amide bonds. The highest BCUT2D eigenvalue weighted by Crippen LogP contribution is 2.25. The maximum atomic E-state index is 11.8. The van der Waals surface area contributed by atoms with Crippen LogP contribution in [0.15, 0.2) is 41.3 Å². The Morgan fingerprint density at radius 2 is 1.64 bits per heavy atom. The molecular weight excluding hydrogens is 478 g/mol. The van der Waals surface area contributed by atoms with Crippen molar-refractivity contribution in [1.29, 1.82) is 0 Å². The van der Waals surface area contributed by atoms with Crippen LogP contribution in [0.5, 0.6) is 0 Å². The highest BCUT2D eigenvalue weighted by Gasteiger charge is 2.22. The fourth-order valence-corrected chi connectivity index (χ4v) is 2.82. The molecule has 3 aromatic rings. The average molecular weight is 526 g/mol. The number of ether oxygens (including phenoxy) is 1. The van der Waals surface area contributed by atoms with Crippen LogP contribution >= 0.6 is 11.6 Å². The number of imidazole rings is 1. The molecule has 0 aliphatic carbocycles. The van der Waals surface area contributed by atoms with Gasteiger partial charge in [-0.1, -0.05) is 84.7 Å². The molecule has 9 heteroatoms. The molecule has 0 unspecified atom stereocenters. The number of H-pyrrole nitrogens is 1. The number of nitrogens with one attached hydrogen (secondary N) is 2. The summed E-state index contributed by atoms with van der Waals surface area (Å²) in [7, 11) is 1.72. The molecule has 206 valence electrons. The van der Waals surface area contributed by atoms with Crippen molar-refractivity contribution in [2.24, 2.45) is 0 Å². The number of nitrogens with zero attached hydrogens (tertiary/aromatic N) is 3. The van der Waals surface area contributed by atoms with Gasteiger partial charge in [-0.3, -0.25) is 9.78 Å². The first-order chi connectivity index (χ1) is 17.5. The van der Waals surface area contributed by atoms with Crippen LogP contribution in [0, 0.1) is 0 Å². The van der Waals surface area contributed by atoms with Gasteiger partial charge >= 0.3 is 0 Å². The minimum atomic E-state index is -0.180. The van der Waals surface area contributed by atoms with Crippen molar-refractivity contribution >= 4 is 23.1 Å². The van der Waals surface area contributed by atoms with E-state index in [4.69, 9.17) is 21.4 Å². The number of hydrogen-bond acceptors (Lipinski definition) is 6. The summed E-state index contributed by atoms with van der Waals surface area (Å²) in [6, 6.07) is 9.44. The molecule has 0 saturated carbocycles. The quantitative estimate of drug-likeness (QED) is 0.358. The molecule has 1 aliphatic heterocycles. The first-order valence-electron chi connectivity index (χ1n) is 13.1. The maximum absolute atomic E-state index is 11.8. The van der Waals surface area contributed by atoms with Crippen molar-refractivity contribution < 1.29 is 9.84 Å². The molecule has 1 aliphatic rings. The average Bonchev–Trinajstić information content (AvgIpc) is 3.37. The zero-order valence-electron chi connectivity index (χ0n) is 23.5. The Morgan fingerprint density at radius 3 is 2.06 bits per heavy atom. The third-order valence-corrected chi connectivity index (χ3v) is 4.46. The molecular formula is C27H48ClN5O3. The Kier molecular flexibility index (Phi) is 24.1. The summed E-state index contributed by atoms with van der Waals surface area (Å²) in [5, 5.41) is 15.8. The van der Waals surface area contributed by atoms with Crippen LogP contribution in [0.25, 0.3) is 5.52 Å². The lowest BCUT2D eigenvalue weighted by Crippen LogP contribution is -2.20. The smallest absolute Gasteiger partial charge is 0.278 e. The molecule has 2 aromatic heterocycles. The fourth-order valence-electron chi connectivity index (χ4n) is 2.68. The number of halogens is 1. The predicted octanol–water partition coefficient (Wildman–Crippen LogP) is 6.55. The number of aromatic amines is 1. The summed E-state index contributed by atoms with van der Waals surface area (Å²) in [5.41, 5.74) is 0.302. The van der Waals surface area contributed by atoms with Gasteiger partial charge in [0, 0.05) is 37.8 Å². The number of fused-ring (bicyclic) bond motifs is 1. The van der Waals surface area contributed by atoms with Crippen molar-refractivity contribution in [3.8, 4) is 0 Å². The largest absolute Gasteiger partial charge is 0.396 e. The predicted molar refractivity (Wildman–Crippen MR) is 153 cm³/mol. The van der Waals surface area contributed by atoms with Gasteiger partial charge in [-0.2, -0.15) is 0 Å². The van der Waals surface area contributed by atoms with E-state index in [9.17, 15) is 4.79 Å². The lowest BCUT2D eigenvalue weighted by Gasteiger charge is -2.20. The minimum absolute atomic E-state index is 0.180. The van der Waals surface area contributed by atoms with Crippen LogP contribution < -0.4 is 10.9 Å². The molecule has 0 spiro atoms. The van der Waals surface area contributed by atoms with Gasteiger partial charge in [-0.15, -0.1) is 5.10 Å². The number of aliphatic hydroxyl groups excluding tert-OH is 1. The number of anilines is 1. The maximum Gasteiger partial charge on any atom is 0.278 e. The van der Waals surface area contributed by atoms with E-state index < -0.39 is 0 Å². The summed E-state index contributed by atoms with van der Waals surface area (Å²) in [6.45, 7) is 16.0. The third-order valence-electron chi connectivity index (χ3n) is 4.21. The second-order valence-corrected chi connectivity index (χ2v) is 7.52. The van der Waals surface area contributed by atoms with E-state index in [1.807, 2.05) is 65.0 Å². The van der Waals surface area contributed by atoms with Crippen LogP contribution in [0.1, 0.15) is 85.9 Å². The highest BCUT2D eigenvalue weighted by atomic mass is 35.5. The zero-order valence-corrected chi connectivity index (χ0v) is 24.2. The van der Waals surface area contributed by atoms with Gasteiger partial charge in [0.1, 0.15) is 5.82 Å². The molecule has 1 saturated heterocycles. The van der Waals surface area contributed by atoms with Crippen molar-refractivity contribution in [1.82, 2.24) is 19.6 Å². The molecule has 36 heavy (non-hydrogen) atoms. The Hall–Kier alpha value is -2.42. The van der Waals surface area contributed by atoms with E-state index in [1.54, 1.807) is 17.8 Å². The molecule has 4 rings (SSSR count). The van der Waals surface area contributed by atoms with Crippen LogP contribution in [0.2, 0.25) is 5.02 Å². The molecule has 0 radical (unpaired) electrons. The van der Waals surface area contributed by atoms with E-state index in [0.29, 0.717) is 24.0 Å². The summed E-state index contributed by atoms with van der Waals surface area (Å²) in [6.07, 6.45) is 5.54. The van der Waals surface area contributed by atoms with Crippen molar-refractivity contribution in [3.05, 3.63) is 57.7 Å². The van der Waals surface area contributed by atoms with Gasteiger partial charge < -0.3 is 15.2 Å².